The van der Waals surface area contributed by atoms with Crippen molar-refractivity contribution in [3.63, 3.8) is 0 Å². The van der Waals surface area contributed by atoms with Gasteiger partial charge in [-0.15, -0.1) is 11.3 Å². The van der Waals surface area contributed by atoms with E-state index in [2.05, 4.69) is 19.2 Å². The van der Waals surface area contributed by atoms with E-state index < -0.39 is 0 Å². The molecule has 1 nitrogen and oxygen atoms in total. The minimum absolute atomic E-state index is 0.829. The molecule has 1 heterocycles. The fraction of sp³-hybridized carbons (Fsp3) is 0.692. The second-order valence-corrected chi connectivity index (χ2v) is 5.71. The number of unbranched alkanes of at least 4 members (excludes halogenated alkanes) is 1. The molecule has 0 spiro atoms. The van der Waals surface area contributed by atoms with E-state index in [0.29, 0.717) is 0 Å². The van der Waals surface area contributed by atoms with Crippen molar-refractivity contribution < 1.29 is 0 Å². The molecule has 16 heavy (non-hydrogen) atoms. The third kappa shape index (κ3) is 5.33. The average Bonchev–Trinajstić information content (AvgIpc) is 2.69. The molecule has 1 N–H and O–H groups in total. The molecule has 0 saturated heterocycles. The highest BCUT2D eigenvalue weighted by molar-refractivity contribution is 7.10. The van der Waals surface area contributed by atoms with Crippen LogP contribution in [0.15, 0.2) is 11.4 Å². The van der Waals surface area contributed by atoms with E-state index in [9.17, 15) is 0 Å². The topological polar surface area (TPSA) is 12.0 Å². The fourth-order valence-electron chi connectivity index (χ4n) is 1.79. The second-order valence-electron chi connectivity index (χ2n) is 4.28. The molecule has 1 aromatic rings. The molecule has 0 aliphatic carbocycles. The molecule has 0 saturated carbocycles. The summed E-state index contributed by atoms with van der Waals surface area (Å²) in [5.74, 6) is 0.829. The maximum absolute atomic E-state index is 5.88. The first kappa shape index (κ1) is 14.0. The normalized spacial score (nSPS) is 12.9. The molecule has 1 aromatic heterocycles. The molecule has 0 fully saturated rings. The van der Waals surface area contributed by atoms with Gasteiger partial charge in [-0.1, -0.05) is 44.7 Å². The summed E-state index contributed by atoms with van der Waals surface area (Å²) in [4.78, 5) is 1.33. The molecule has 0 aliphatic rings. The summed E-state index contributed by atoms with van der Waals surface area (Å²) < 4.78 is 0. The highest BCUT2D eigenvalue weighted by atomic mass is 35.5. The van der Waals surface area contributed by atoms with Gasteiger partial charge in [-0.3, -0.25) is 0 Å². The number of hydrogen-bond acceptors (Lipinski definition) is 2. The van der Waals surface area contributed by atoms with E-state index >= 15 is 0 Å². The molecule has 0 bridgehead atoms. The van der Waals surface area contributed by atoms with E-state index in [-0.39, 0.29) is 0 Å². The summed E-state index contributed by atoms with van der Waals surface area (Å²) in [6, 6.07) is 2.05. The van der Waals surface area contributed by atoms with Crippen LogP contribution in [0.1, 0.15) is 44.4 Å². The van der Waals surface area contributed by atoms with Crippen molar-refractivity contribution in [3.05, 3.63) is 21.3 Å². The Morgan fingerprint density at radius 1 is 1.44 bits per heavy atom. The van der Waals surface area contributed by atoms with Gasteiger partial charge in [-0.25, -0.2) is 0 Å². The van der Waals surface area contributed by atoms with Crippen LogP contribution < -0.4 is 5.32 Å². The smallest absolute Gasteiger partial charge is 0.0516 e. The zero-order valence-electron chi connectivity index (χ0n) is 10.3. The first-order valence-corrected chi connectivity index (χ1v) is 7.45. The lowest BCUT2D eigenvalue weighted by Gasteiger charge is -2.14. The van der Waals surface area contributed by atoms with Crippen molar-refractivity contribution in [3.8, 4) is 0 Å². The predicted molar refractivity (Wildman–Crippen MR) is 74.3 cm³/mol. The molecule has 0 radical (unpaired) electrons. The van der Waals surface area contributed by atoms with Crippen LogP contribution in [0.5, 0.6) is 0 Å². The Labute approximate surface area is 108 Å². The SMILES string of the molecule is CCCCC(CC)CNCc1cc(Cl)cs1. The predicted octanol–water partition coefficient (Wildman–Crippen LogP) is 4.71. The Balaban J connectivity index is 2.17. The van der Waals surface area contributed by atoms with Gasteiger partial charge in [0.15, 0.2) is 0 Å². The molecule has 0 aromatic carbocycles. The van der Waals surface area contributed by atoms with Crippen LogP contribution in [-0.4, -0.2) is 6.54 Å². The van der Waals surface area contributed by atoms with E-state index in [0.717, 1.165) is 24.0 Å². The summed E-state index contributed by atoms with van der Waals surface area (Å²) >= 11 is 7.61. The molecule has 0 amide bonds. The van der Waals surface area contributed by atoms with Crippen molar-refractivity contribution in [2.45, 2.75) is 46.1 Å². The minimum atomic E-state index is 0.829. The van der Waals surface area contributed by atoms with Crippen molar-refractivity contribution in [2.75, 3.05) is 6.54 Å². The lowest BCUT2D eigenvalue weighted by molar-refractivity contribution is 0.420. The molecule has 3 heteroatoms. The third-order valence-corrected chi connectivity index (χ3v) is 4.18. The largest absolute Gasteiger partial charge is 0.312 e. The lowest BCUT2D eigenvalue weighted by atomic mass is 9.99. The Bertz CT molecular complexity index is 285. The van der Waals surface area contributed by atoms with E-state index in [1.165, 1.54) is 30.6 Å². The fourth-order valence-corrected chi connectivity index (χ4v) is 2.83. The van der Waals surface area contributed by atoms with Crippen LogP contribution in [0.4, 0.5) is 0 Å². The molecule has 1 unspecified atom stereocenters. The standard InChI is InChI=1S/C13H22ClNS/c1-3-5-6-11(4-2)8-15-9-13-7-12(14)10-16-13/h7,10-11,15H,3-6,8-9H2,1-2H3. The highest BCUT2D eigenvalue weighted by Gasteiger charge is 2.05. The highest BCUT2D eigenvalue weighted by Crippen LogP contribution is 2.19. The van der Waals surface area contributed by atoms with Crippen molar-refractivity contribution in [1.29, 1.82) is 0 Å². The monoisotopic (exact) mass is 259 g/mol. The minimum Gasteiger partial charge on any atom is -0.312 e. The van der Waals surface area contributed by atoms with Gasteiger partial charge in [0.1, 0.15) is 0 Å². The Morgan fingerprint density at radius 2 is 2.25 bits per heavy atom. The average molecular weight is 260 g/mol. The molecule has 1 rings (SSSR count). The first-order valence-electron chi connectivity index (χ1n) is 6.19. The lowest BCUT2D eigenvalue weighted by Crippen LogP contribution is -2.21. The van der Waals surface area contributed by atoms with Gasteiger partial charge in [0.05, 0.1) is 5.02 Å². The van der Waals surface area contributed by atoms with Gasteiger partial charge in [0, 0.05) is 16.8 Å². The van der Waals surface area contributed by atoms with E-state index in [4.69, 9.17) is 11.6 Å². The van der Waals surface area contributed by atoms with Gasteiger partial charge in [-0.05, 0) is 24.9 Å². The van der Waals surface area contributed by atoms with Gasteiger partial charge < -0.3 is 5.32 Å². The van der Waals surface area contributed by atoms with E-state index in [1.54, 1.807) is 11.3 Å². The van der Waals surface area contributed by atoms with Gasteiger partial charge in [-0.2, -0.15) is 0 Å². The number of rotatable bonds is 8. The Hall–Kier alpha value is -0.0500. The van der Waals surface area contributed by atoms with Crippen LogP contribution in [0.3, 0.4) is 0 Å². The maximum Gasteiger partial charge on any atom is 0.0516 e. The molecule has 92 valence electrons. The first-order chi connectivity index (χ1) is 7.76. The molecule has 0 aliphatic heterocycles. The van der Waals surface area contributed by atoms with Crippen LogP contribution in [-0.2, 0) is 6.54 Å². The summed E-state index contributed by atoms with van der Waals surface area (Å²) in [6.07, 6.45) is 5.28. The van der Waals surface area contributed by atoms with Gasteiger partial charge in [0.2, 0.25) is 0 Å². The Kier molecular flexibility index (Phi) is 7.10. The Morgan fingerprint density at radius 3 is 2.81 bits per heavy atom. The maximum atomic E-state index is 5.88. The summed E-state index contributed by atoms with van der Waals surface area (Å²) in [5, 5.41) is 6.38. The number of hydrogen-bond donors (Lipinski definition) is 1. The van der Waals surface area contributed by atoms with Crippen LogP contribution >= 0.6 is 22.9 Å². The number of thiophene rings is 1. The third-order valence-electron chi connectivity index (χ3n) is 2.90. The number of nitrogens with one attached hydrogen (secondary N) is 1. The summed E-state index contributed by atoms with van der Waals surface area (Å²) in [5.41, 5.74) is 0. The van der Waals surface area contributed by atoms with Crippen molar-refractivity contribution in [2.24, 2.45) is 5.92 Å². The zero-order chi connectivity index (χ0) is 11.8. The zero-order valence-corrected chi connectivity index (χ0v) is 11.8. The van der Waals surface area contributed by atoms with Crippen LogP contribution in [0, 0.1) is 5.92 Å². The van der Waals surface area contributed by atoms with Gasteiger partial charge in [0.25, 0.3) is 0 Å². The van der Waals surface area contributed by atoms with E-state index in [1.807, 2.05) is 11.4 Å². The second kappa shape index (κ2) is 8.10. The van der Waals surface area contributed by atoms with Crippen molar-refractivity contribution >= 4 is 22.9 Å². The molecule has 1 atom stereocenters. The van der Waals surface area contributed by atoms with Crippen molar-refractivity contribution in [1.82, 2.24) is 5.32 Å². The van der Waals surface area contributed by atoms with Gasteiger partial charge >= 0.3 is 0 Å². The molecular weight excluding hydrogens is 238 g/mol. The van der Waals surface area contributed by atoms with Crippen LogP contribution in [0.25, 0.3) is 0 Å². The van der Waals surface area contributed by atoms with Crippen LogP contribution in [0.2, 0.25) is 5.02 Å². The summed E-state index contributed by atoms with van der Waals surface area (Å²) in [7, 11) is 0. The molecular formula is C13H22ClNS. The number of halogens is 1. The summed E-state index contributed by atoms with van der Waals surface area (Å²) in [6.45, 7) is 6.63. The quantitative estimate of drug-likeness (QED) is 0.713.